The first-order valence-corrected chi connectivity index (χ1v) is 8.41. The quantitative estimate of drug-likeness (QED) is 0.663. The number of nitrogens with one attached hydrogen (secondary N) is 1. The van der Waals surface area contributed by atoms with E-state index in [1.165, 1.54) is 6.08 Å². The molecule has 1 aromatic heterocycles. The maximum atomic E-state index is 12.0. The molecule has 0 bridgehead atoms. The lowest BCUT2D eigenvalue weighted by Gasteiger charge is -2.02. The molecule has 132 valence electrons. The van der Waals surface area contributed by atoms with Gasteiger partial charge in [-0.25, -0.2) is 0 Å². The minimum atomic E-state index is -0.242. The Morgan fingerprint density at radius 2 is 2.04 bits per heavy atom. The summed E-state index contributed by atoms with van der Waals surface area (Å²) in [7, 11) is 1.61. The highest BCUT2D eigenvalue weighted by Gasteiger charge is 2.03. The molecule has 1 heterocycles. The number of hydrogen-bond donors (Lipinski definition) is 1. The number of hydrogen-bond acceptors (Lipinski definition) is 3. The van der Waals surface area contributed by atoms with E-state index >= 15 is 0 Å². The Morgan fingerprint density at radius 3 is 2.77 bits per heavy atom. The average Bonchev–Trinajstić information content (AvgIpc) is 3.07. The van der Waals surface area contributed by atoms with Gasteiger partial charge in [-0.3, -0.25) is 9.48 Å². The van der Waals surface area contributed by atoms with Crippen LogP contribution in [0.3, 0.4) is 0 Å². The van der Waals surface area contributed by atoms with Gasteiger partial charge in [0.2, 0.25) is 5.91 Å². The predicted octanol–water partition coefficient (Wildman–Crippen LogP) is 4.25. The molecule has 0 aliphatic heterocycles. The number of carbonyl (C=O) groups excluding carboxylic acids is 1. The first kappa shape index (κ1) is 17.8. The van der Waals surface area contributed by atoms with Crippen LogP contribution >= 0.6 is 11.6 Å². The number of methoxy groups -OCH3 is 1. The zero-order valence-corrected chi connectivity index (χ0v) is 15.0. The Morgan fingerprint density at radius 1 is 1.23 bits per heavy atom. The number of nitrogens with zero attached hydrogens (tertiary/aromatic N) is 2. The lowest BCUT2D eigenvalue weighted by Crippen LogP contribution is -2.09. The number of anilines is 1. The van der Waals surface area contributed by atoms with Gasteiger partial charge in [-0.1, -0.05) is 35.9 Å². The van der Waals surface area contributed by atoms with Crippen LogP contribution < -0.4 is 10.1 Å². The largest absolute Gasteiger partial charge is 0.497 e. The molecule has 0 spiro atoms. The standard InChI is InChI=1S/C20H18ClN3O2/c1-26-18-8-5-15(6-9-18)7-10-20(25)22-19-11-12-24(23-19)14-16-3-2-4-17(21)13-16/h2-13H,14H2,1H3,(H,22,23,25)/b10-7+. The number of benzene rings is 2. The lowest BCUT2D eigenvalue weighted by molar-refractivity contribution is -0.111. The normalized spacial score (nSPS) is 10.8. The summed E-state index contributed by atoms with van der Waals surface area (Å²) >= 11 is 5.99. The second-order valence-electron chi connectivity index (χ2n) is 5.62. The number of halogens is 1. The Hall–Kier alpha value is -3.05. The van der Waals surface area contributed by atoms with Crippen LogP contribution in [0.25, 0.3) is 6.08 Å². The highest BCUT2D eigenvalue weighted by atomic mass is 35.5. The van der Waals surface area contributed by atoms with Gasteiger partial charge in [0.25, 0.3) is 0 Å². The molecule has 0 atom stereocenters. The molecule has 3 rings (SSSR count). The van der Waals surface area contributed by atoms with Gasteiger partial charge in [0.1, 0.15) is 5.75 Å². The minimum Gasteiger partial charge on any atom is -0.497 e. The molecule has 2 aromatic carbocycles. The van der Waals surface area contributed by atoms with Crippen LogP contribution in [0.1, 0.15) is 11.1 Å². The van der Waals surface area contributed by atoms with E-state index in [0.29, 0.717) is 17.4 Å². The molecule has 5 nitrogen and oxygen atoms in total. The highest BCUT2D eigenvalue weighted by molar-refractivity contribution is 6.30. The summed E-state index contributed by atoms with van der Waals surface area (Å²) in [5, 5.41) is 7.77. The van der Waals surface area contributed by atoms with Crippen LogP contribution in [0.4, 0.5) is 5.82 Å². The van der Waals surface area contributed by atoms with E-state index in [2.05, 4.69) is 10.4 Å². The van der Waals surface area contributed by atoms with E-state index in [1.54, 1.807) is 23.9 Å². The number of ether oxygens (including phenoxy) is 1. The average molecular weight is 368 g/mol. The molecule has 0 saturated heterocycles. The second kappa shape index (κ2) is 8.36. The summed E-state index contributed by atoms with van der Waals surface area (Å²) in [6, 6.07) is 16.8. The summed E-state index contributed by atoms with van der Waals surface area (Å²) < 4.78 is 6.85. The van der Waals surface area contributed by atoms with Crippen molar-refractivity contribution >= 4 is 29.4 Å². The first-order valence-electron chi connectivity index (χ1n) is 8.03. The molecule has 0 saturated carbocycles. The molecular formula is C20H18ClN3O2. The number of rotatable bonds is 6. The van der Waals surface area contributed by atoms with E-state index in [4.69, 9.17) is 16.3 Å². The van der Waals surface area contributed by atoms with Crippen LogP contribution in [0, 0.1) is 0 Å². The summed E-state index contributed by atoms with van der Waals surface area (Å²) in [6.45, 7) is 0.581. The zero-order chi connectivity index (χ0) is 18.4. The van der Waals surface area contributed by atoms with Crippen LogP contribution in [0.15, 0.2) is 66.9 Å². The maximum absolute atomic E-state index is 12.0. The molecule has 6 heteroatoms. The van der Waals surface area contributed by atoms with E-state index in [9.17, 15) is 4.79 Å². The summed E-state index contributed by atoms with van der Waals surface area (Å²) in [4.78, 5) is 12.0. The molecule has 0 aliphatic rings. The second-order valence-corrected chi connectivity index (χ2v) is 6.06. The fourth-order valence-electron chi connectivity index (χ4n) is 2.39. The van der Waals surface area contributed by atoms with Crippen LogP contribution in [-0.2, 0) is 11.3 Å². The molecule has 1 amide bonds. The van der Waals surface area contributed by atoms with Gasteiger partial charge in [0.15, 0.2) is 5.82 Å². The van der Waals surface area contributed by atoms with E-state index in [1.807, 2.05) is 54.7 Å². The van der Waals surface area contributed by atoms with Crippen molar-refractivity contribution in [2.75, 3.05) is 12.4 Å². The van der Waals surface area contributed by atoms with Crippen molar-refractivity contribution < 1.29 is 9.53 Å². The maximum Gasteiger partial charge on any atom is 0.249 e. The molecule has 0 fully saturated rings. The van der Waals surface area contributed by atoms with Gasteiger partial charge in [0, 0.05) is 23.4 Å². The number of aromatic nitrogens is 2. The molecular weight excluding hydrogens is 350 g/mol. The molecule has 0 aliphatic carbocycles. The van der Waals surface area contributed by atoms with Crippen molar-refractivity contribution in [3.8, 4) is 5.75 Å². The third-order valence-corrected chi connectivity index (χ3v) is 3.90. The van der Waals surface area contributed by atoms with Crippen LogP contribution in [0.5, 0.6) is 5.75 Å². The minimum absolute atomic E-state index is 0.242. The third-order valence-electron chi connectivity index (χ3n) is 3.67. The van der Waals surface area contributed by atoms with Crippen molar-refractivity contribution in [1.29, 1.82) is 0 Å². The van der Waals surface area contributed by atoms with Gasteiger partial charge in [-0.05, 0) is 41.5 Å². The van der Waals surface area contributed by atoms with Crippen LogP contribution in [0.2, 0.25) is 5.02 Å². The molecule has 0 radical (unpaired) electrons. The van der Waals surface area contributed by atoms with E-state index in [0.717, 1.165) is 16.9 Å². The van der Waals surface area contributed by atoms with Crippen molar-refractivity contribution in [3.05, 3.63) is 83.0 Å². The highest BCUT2D eigenvalue weighted by Crippen LogP contribution is 2.14. The predicted molar refractivity (Wildman–Crippen MR) is 103 cm³/mol. The fourth-order valence-corrected chi connectivity index (χ4v) is 2.61. The topological polar surface area (TPSA) is 56.1 Å². The van der Waals surface area contributed by atoms with Crippen molar-refractivity contribution in [3.63, 3.8) is 0 Å². The van der Waals surface area contributed by atoms with E-state index in [-0.39, 0.29) is 5.91 Å². The summed E-state index contributed by atoms with van der Waals surface area (Å²) in [5.41, 5.74) is 1.95. The Bertz CT molecular complexity index is 917. The number of carbonyl (C=O) groups is 1. The van der Waals surface area contributed by atoms with Gasteiger partial charge < -0.3 is 10.1 Å². The third kappa shape index (κ3) is 4.97. The molecule has 1 N–H and O–H groups in total. The van der Waals surface area contributed by atoms with Gasteiger partial charge in [-0.15, -0.1) is 0 Å². The molecule has 3 aromatic rings. The zero-order valence-electron chi connectivity index (χ0n) is 14.2. The lowest BCUT2D eigenvalue weighted by atomic mass is 10.2. The van der Waals surface area contributed by atoms with Gasteiger partial charge in [-0.2, -0.15) is 5.10 Å². The number of amides is 1. The van der Waals surface area contributed by atoms with Crippen molar-refractivity contribution in [2.45, 2.75) is 6.54 Å². The Labute approximate surface area is 156 Å². The fraction of sp³-hybridized carbons (Fsp3) is 0.100. The van der Waals surface area contributed by atoms with Crippen molar-refractivity contribution in [2.24, 2.45) is 0 Å². The molecule has 26 heavy (non-hydrogen) atoms. The smallest absolute Gasteiger partial charge is 0.249 e. The van der Waals surface area contributed by atoms with Crippen molar-refractivity contribution in [1.82, 2.24) is 9.78 Å². The SMILES string of the molecule is COc1ccc(/C=C/C(=O)Nc2ccn(Cc3cccc(Cl)c3)n2)cc1. The van der Waals surface area contributed by atoms with Gasteiger partial charge >= 0.3 is 0 Å². The summed E-state index contributed by atoms with van der Waals surface area (Å²) in [5.74, 6) is 1.03. The molecule has 0 unspecified atom stereocenters. The first-order chi connectivity index (χ1) is 12.6. The Kier molecular flexibility index (Phi) is 5.71. The monoisotopic (exact) mass is 367 g/mol. The Balaban J connectivity index is 1.57. The van der Waals surface area contributed by atoms with Gasteiger partial charge in [0.05, 0.1) is 13.7 Å². The van der Waals surface area contributed by atoms with Crippen LogP contribution in [-0.4, -0.2) is 22.8 Å². The van der Waals surface area contributed by atoms with E-state index < -0.39 is 0 Å². The summed E-state index contributed by atoms with van der Waals surface area (Å²) in [6.07, 6.45) is 5.01.